The van der Waals surface area contributed by atoms with Crippen LogP contribution in [0.1, 0.15) is 5.56 Å². The Hall–Kier alpha value is -2.48. The van der Waals surface area contributed by atoms with E-state index in [4.69, 9.17) is 27.9 Å². The Morgan fingerprint density at radius 1 is 1.26 bits per heavy atom. The molecule has 2 aromatic rings. The predicted molar refractivity (Wildman–Crippen MR) is 91.7 cm³/mol. The lowest BCUT2D eigenvalue weighted by Gasteiger charge is -2.07. The molecule has 0 aliphatic heterocycles. The summed E-state index contributed by atoms with van der Waals surface area (Å²) in [6, 6.07) is 13.7. The highest BCUT2D eigenvalue weighted by molar-refractivity contribution is 6.43. The molecule has 1 amide bonds. The summed E-state index contributed by atoms with van der Waals surface area (Å²) < 4.78 is 5.08. The van der Waals surface area contributed by atoms with Crippen molar-refractivity contribution in [1.82, 2.24) is 0 Å². The van der Waals surface area contributed by atoms with E-state index in [1.54, 1.807) is 42.5 Å². The first-order valence-corrected chi connectivity index (χ1v) is 7.32. The number of anilines is 1. The number of nitrogens with one attached hydrogen (secondary N) is 1. The highest BCUT2D eigenvalue weighted by atomic mass is 35.5. The normalized spacial score (nSPS) is 10.8. The molecule has 116 valence electrons. The summed E-state index contributed by atoms with van der Waals surface area (Å²) >= 11 is 12.0. The van der Waals surface area contributed by atoms with Gasteiger partial charge in [0.2, 0.25) is 0 Å². The zero-order chi connectivity index (χ0) is 16.8. The van der Waals surface area contributed by atoms with Crippen molar-refractivity contribution in [2.45, 2.75) is 0 Å². The van der Waals surface area contributed by atoms with Crippen LogP contribution in [-0.2, 0) is 4.79 Å². The summed E-state index contributed by atoms with van der Waals surface area (Å²) in [7, 11) is 1.53. The van der Waals surface area contributed by atoms with E-state index in [1.165, 1.54) is 13.2 Å². The van der Waals surface area contributed by atoms with Crippen LogP contribution in [0.4, 0.5) is 5.69 Å². The molecular formula is C17H12Cl2N2O2. The van der Waals surface area contributed by atoms with Crippen LogP contribution in [0, 0.1) is 11.3 Å². The van der Waals surface area contributed by atoms with Gasteiger partial charge >= 0.3 is 0 Å². The number of benzene rings is 2. The number of carbonyl (C=O) groups excluding carboxylic acids is 1. The molecule has 0 saturated carbocycles. The van der Waals surface area contributed by atoms with Gasteiger partial charge in [0.15, 0.2) is 0 Å². The number of hydrogen-bond acceptors (Lipinski definition) is 3. The Bertz CT molecular complexity index is 810. The van der Waals surface area contributed by atoms with Crippen molar-refractivity contribution in [3.8, 4) is 11.8 Å². The number of methoxy groups -OCH3 is 1. The van der Waals surface area contributed by atoms with Crippen LogP contribution in [0.15, 0.2) is 48.0 Å². The molecule has 0 atom stereocenters. The third-order valence-corrected chi connectivity index (χ3v) is 3.81. The van der Waals surface area contributed by atoms with Gasteiger partial charge in [0, 0.05) is 11.8 Å². The van der Waals surface area contributed by atoms with Crippen molar-refractivity contribution in [2.24, 2.45) is 0 Å². The molecule has 0 heterocycles. The third-order valence-electron chi connectivity index (χ3n) is 2.97. The standard InChI is InChI=1S/C17H12Cl2N2O2/c1-23-14-6-3-5-13(9-14)21-17(22)12(10-20)8-11-4-2-7-15(18)16(11)19/h2-9H,1H3,(H,21,22)/b12-8-. The molecule has 0 aromatic heterocycles. The van der Waals surface area contributed by atoms with Crippen molar-refractivity contribution in [1.29, 1.82) is 5.26 Å². The first-order chi connectivity index (χ1) is 11.0. The van der Waals surface area contributed by atoms with Crippen molar-refractivity contribution < 1.29 is 9.53 Å². The van der Waals surface area contributed by atoms with Gasteiger partial charge in [-0.2, -0.15) is 5.26 Å². The Balaban J connectivity index is 2.26. The van der Waals surface area contributed by atoms with E-state index < -0.39 is 5.91 Å². The number of halogens is 2. The van der Waals surface area contributed by atoms with E-state index in [0.29, 0.717) is 22.0 Å². The van der Waals surface area contributed by atoms with Gasteiger partial charge in [-0.15, -0.1) is 0 Å². The van der Waals surface area contributed by atoms with Crippen LogP contribution in [0.3, 0.4) is 0 Å². The van der Waals surface area contributed by atoms with Gasteiger partial charge in [-0.25, -0.2) is 0 Å². The molecule has 6 heteroatoms. The number of amides is 1. The van der Waals surface area contributed by atoms with E-state index in [9.17, 15) is 10.1 Å². The van der Waals surface area contributed by atoms with E-state index in [0.717, 1.165) is 0 Å². The molecule has 0 aliphatic rings. The number of nitrogens with zero attached hydrogens (tertiary/aromatic N) is 1. The fourth-order valence-corrected chi connectivity index (χ4v) is 2.20. The van der Waals surface area contributed by atoms with E-state index in [1.807, 2.05) is 6.07 Å². The number of carbonyl (C=O) groups is 1. The lowest BCUT2D eigenvalue weighted by atomic mass is 10.1. The van der Waals surface area contributed by atoms with E-state index in [-0.39, 0.29) is 10.6 Å². The average Bonchev–Trinajstić information content (AvgIpc) is 2.56. The van der Waals surface area contributed by atoms with E-state index in [2.05, 4.69) is 5.32 Å². The number of nitriles is 1. The molecule has 0 saturated heterocycles. The van der Waals surface area contributed by atoms with Gasteiger partial charge in [-0.1, -0.05) is 41.4 Å². The van der Waals surface area contributed by atoms with E-state index >= 15 is 0 Å². The molecule has 0 fully saturated rings. The minimum absolute atomic E-state index is 0.0861. The highest BCUT2D eigenvalue weighted by Gasteiger charge is 2.11. The topological polar surface area (TPSA) is 62.1 Å². The maximum Gasteiger partial charge on any atom is 0.266 e. The van der Waals surface area contributed by atoms with Crippen LogP contribution in [0.2, 0.25) is 10.0 Å². The SMILES string of the molecule is COc1cccc(NC(=O)/C(C#N)=C\c2cccc(Cl)c2Cl)c1. The number of ether oxygens (including phenoxy) is 1. The second-order valence-electron chi connectivity index (χ2n) is 4.50. The Labute approximate surface area is 143 Å². The second kappa shape index (κ2) is 7.68. The molecule has 0 bridgehead atoms. The Morgan fingerprint density at radius 2 is 2.00 bits per heavy atom. The Morgan fingerprint density at radius 3 is 2.70 bits per heavy atom. The minimum atomic E-state index is -0.545. The molecule has 0 unspecified atom stereocenters. The van der Waals surface area contributed by atoms with Crippen molar-refractivity contribution in [3.05, 3.63) is 63.6 Å². The predicted octanol–water partition coefficient (Wildman–Crippen LogP) is 4.55. The van der Waals surface area contributed by atoms with Gasteiger partial charge in [-0.05, 0) is 29.8 Å². The molecule has 0 radical (unpaired) electrons. The summed E-state index contributed by atoms with van der Waals surface area (Å²) in [5.41, 5.74) is 0.932. The van der Waals surface area contributed by atoms with Crippen molar-refractivity contribution >= 4 is 40.9 Å². The largest absolute Gasteiger partial charge is 0.497 e. The highest BCUT2D eigenvalue weighted by Crippen LogP contribution is 2.27. The van der Waals surface area contributed by atoms with Gasteiger partial charge < -0.3 is 10.1 Å². The minimum Gasteiger partial charge on any atom is -0.497 e. The molecule has 2 rings (SSSR count). The van der Waals surface area contributed by atoms with Gasteiger partial charge in [-0.3, -0.25) is 4.79 Å². The summed E-state index contributed by atoms with van der Waals surface area (Å²) in [6.45, 7) is 0. The summed E-state index contributed by atoms with van der Waals surface area (Å²) in [6.07, 6.45) is 1.39. The smallest absolute Gasteiger partial charge is 0.266 e. The van der Waals surface area contributed by atoms with Crippen LogP contribution < -0.4 is 10.1 Å². The molecule has 2 aromatic carbocycles. The first kappa shape index (κ1) is 16.9. The molecule has 0 spiro atoms. The maximum absolute atomic E-state index is 12.2. The third kappa shape index (κ3) is 4.26. The summed E-state index contributed by atoms with van der Waals surface area (Å²) in [4.78, 5) is 12.2. The molecule has 0 aliphatic carbocycles. The summed E-state index contributed by atoms with van der Waals surface area (Å²) in [5.74, 6) is 0.0555. The van der Waals surface area contributed by atoms with Gasteiger partial charge in [0.1, 0.15) is 17.4 Å². The quantitative estimate of drug-likeness (QED) is 0.652. The van der Waals surface area contributed by atoms with Crippen LogP contribution in [0.5, 0.6) is 5.75 Å². The average molecular weight is 347 g/mol. The lowest BCUT2D eigenvalue weighted by molar-refractivity contribution is -0.112. The first-order valence-electron chi connectivity index (χ1n) is 6.56. The van der Waals surface area contributed by atoms with Crippen molar-refractivity contribution in [2.75, 3.05) is 12.4 Å². The fourth-order valence-electron chi connectivity index (χ4n) is 1.84. The zero-order valence-corrected chi connectivity index (χ0v) is 13.7. The van der Waals surface area contributed by atoms with Crippen molar-refractivity contribution in [3.63, 3.8) is 0 Å². The summed E-state index contributed by atoms with van der Waals surface area (Å²) in [5, 5.41) is 12.5. The molecular weight excluding hydrogens is 335 g/mol. The molecule has 1 N–H and O–H groups in total. The Kier molecular flexibility index (Phi) is 5.64. The van der Waals surface area contributed by atoms with Crippen LogP contribution >= 0.6 is 23.2 Å². The monoisotopic (exact) mass is 346 g/mol. The maximum atomic E-state index is 12.2. The van der Waals surface area contributed by atoms with Crippen LogP contribution in [0.25, 0.3) is 6.08 Å². The fraction of sp³-hybridized carbons (Fsp3) is 0.0588. The van der Waals surface area contributed by atoms with Gasteiger partial charge in [0.25, 0.3) is 5.91 Å². The second-order valence-corrected chi connectivity index (χ2v) is 5.28. The number of hydrogen-bond donors (Lipinski definition) is 1. The lowest BCUT2D eigenvalue weighted by Crippen LogP contribution is -2.13. The zero-order valence-electron chi connectivity index (χ0n) is 12.1. The number of rotatable bonds is 4. The molecule has 4 nitrogen and oxygen atoms in total. The van der Waals surface area contributed by atoms with Gasteiger partial charge in [0.05, 0.1) is 17.2 Å². The van der Waals surface area contributed by atoms with Crippen LogP contribution in [-0.4, -0.2) is 13.0 Å². The molecule has 23 heavy (non-hydrogen) atoms.